The molecule has 0 aromatic heterocycles. The van der Waals surface area contributed by atoms with Gasteiger partial charge in [-0.25, -0.2) is 9.59 Å². The molecular formula is C46H59NO13. The van der Waals surface area contributed by atoms with Crippen LogP contribution in [0.5, 0.6) is 0 Å². The maximum absolute atomic E-state index is 14.3. The molecule has 1 aliphatic heterocycles. The van der Waals surface area contributed by atoms with Crippen molar-refractivity contribution in [2.75, 3.05) is 6.61 Å². The van der Waals surface area contributed by atoms with Gasteiger partial charge >= 0.3 is 30.0 Å². The minimum Gasteiger partial charge on any atom is -0.458 e. The third-order valence-electron chi connectivity index (χ3n) is 13.4. The van der Waals surface area contributed by atoms with Crippen molar-refractivity contribution in [3.05, 3.63) is 82.9 Å². The first-order valence-electron chi connectivity index (χ1n) is 20.6. The van der Waals surface area contributed by atoms with E-state index in [1.54, 1.807) is 109 Å². The Morgan fingerprint density at radius 3 is 2.08 bits per heavy atom. The molecule has 2 saturated carbocycles. The second-order valence-corrected chi connectivity index (χ2v) is 18.6. The van der Waals surface area contributed by atoms with Crippen molar-refractivity contribution in [3.8, 4) is 0 Å². The molecule has 3 fully saturated rings. The van der Waals surface area contributed by atoms with E-state index in [2.05, 4.69) is 5.32 Å². The van der Waals surface area contributed by atoms with Crippen molar-refractivity contribution < 1.29 is 62.6 Å². The van der Waals surface area contributed by atoms with Gasteiger partial charge in [-0.2, -0.15) is 0 Å². The molecule has 326 valence electrons. The normalized spacial score (nSPS) is 33.5. The number of hydrogen-bond acceptors (Lipinski definition) is 13. The minimum absolute atomic E-state index is 0.128. The summed E-state index contributed by atoms with van der Waals surface area (Å²) in [7, 11) is 0. The highest BCUT2D eigenvalue weighted by Gasteiger charge is 2.77. The summed E-state index contributed by atoms with van der Waals surface area (Å²) in [4.78, 5) is 67.6. The predicted molar refractivity (Wildman–Crippen MR) is 216 cm³/mol. The van der Waals surface area contributed by atoms with E-state index in [0.29, 0.717) is 17.6 Å². The number of fused-ring (bicyclic) bond motifs is 5. The number of amides is 1. The molecule has 11 atom stereocenters. The van der Waals surface area contributed by atoms with Crippen LogP contribution < -0.4 is 5.32 Å². The standard InChI is InChI=1S/C46H59NO13/c1-25-21-33-45(24-55-33,59-28(4)49)37-39(58-40(52)30-19-15-12-16-20-30)46(54)23-32(26(2)35(43(46,8)9)36(56-27(3)48)38(51)44(25,37)10)57-34(50)22-31(29-17-13-11-14-18-29)47-41(53)60-42(5,6)7/h11-20,25,31-33,36-39,51,54H,21-24H2,1-10H3,(H,47,53)/t25-,31?,32-,33+,36+,37-,38-,39-,44+,45-,46+/m0/s1. The van der Waals surface area contributed by atoms with Crippen LogP contribution >= 0.6 is 0 Å². The van der Waals surface area contributed by atoms with Crippen molar-refractivity contribution >= 4 is 30.0 Å². The first kappa shape index (κ1) is 44.8. The van der Waals surface area contributed by atoms with Gasteiger partial charge in [0, 0.05) is 31.1 Å². The van der Waals surface area contributed by atoms with E-state index in [-0.39, 0.29) is 30.6 Å². The van der Waals surface area contributed by atoms with Crippen molar-refractivity contribution in [2.24, 2.45) is 22.7 Å². The number of aliphatic hydroxyl groups excluding tert-OH is 1. The number of benzene rings is 2. The Kier molecular flexibility index (Phi) is 12.1. The molecule has 2 aromatic carbocycles. The number of rotatable bonds is 9. The third kappa shape index (κ3) is 7.93. The molecule has 2 aromatic rings. The maximum atomic E-state index is 14.3. The third-order valence-corrected chi connectivity index (χ3v) is 13.4. The lowest BCUT2D eigenvalue weighted by atomic mass is 9.43. The van der Waals surface area contributed by atoms with E-state index >= 15 is 0 Å². The molecule has 1 unspecified atom stereocenters. The lowest BCUT2D eigenvalue weighted by Crippen LogP contribution is -2.81. The average molecular weight is 834 g/mol. The van der Waals surface area contributed by atoms with Gasteiger partial charge in [0.25, 0.3) is 0 Å². The molecule has 1 heterocycles. The van der Waals surface area contributed by atoms with Crippen molar-refractivity contribution in [3.63, 3.8) is 0 Å². The van der Waals surface area contributed by atoms with Crippen LogP contribution in [0.25, 0.3) is 0 Å². The Balaban J connectivity index is 1.52. The van der Waals surface area contributed by atoms with Gasteiger partial charge < -0.3 is 44.0 Å². The topological polar surface area (TPSA) is 193 Å². The first-order chi connectivity index (χ1) is 28.0. The molecule has 0 spiro atoms. The Morgan fingerprint density at radius 1 is 0.917 bits per heavy atom. The Labute approximate surface area is 351 Å². The van der Waals surface area contributed by atoms with Gasteiger partial charge in [-0.05, 0) is 68.9 Å². The highest BCUT2D eigenvalue weighted by molar-refractivity contribution is 5.89. The number of carbonyl (C=O) groups excluding carboxylic acids is 5. The molecule has 4 aliphatic rings. The monoisotopic (exact) mass is 833 g/mol. The van der Waals surface area contributed by atoms with Gasteiger partial charge in [0.05, 0.1) is 30.6 Å². The van der Waals surface area contributed by atoms with E-state index in [1.165, 1.54) is 13.8 Å². The lowest BCUT2D eigenvalue weighted by molar-refractivity contribution is -0.358. The van der Waals surface area contributed by atoms with Gasteiger partial charge in [0.1, 0.15) is 35.6 Å². The molecular weight excluding hydrogens is 774 g/mol. The summed E-state index contributed by atoms with van der Waals surface area (Å²) in [6.45, 7) is 16.3. The number of carbonyl (C=O) groups is 5. The fraction of sp³-hybridized carbons (Fsp3) is 0.587. The summed E-state index contributed by atoms with van der Waals surface area (Å²) in [5.41, 5.74) is -5.82. The molecule has 14 nitrogen and oxygen atoms in total. The smallest absolute Gasteiger partial charge is 0.408 e. The number of nitrogens with one attached hydrogen (secondary N) is 1. The molecule has 2 bridgehead atoms. The zero-order valence-corrected chi connectivity index (χ0v) is 36.1. The van der Waals surface area contributed by atoms with E-state index in [0.717, 1.165) is 0 Å². The van der Waals surface area contributed by atoms with Crippen LogP contribution in [0.1, 0.15) is 110 Å². The molecule has 1 amide bonds. The van der Waals surface area contributed by atoms with Gasteiger partial charge in [-0.1, -0.05) is 76.2 Å². The maximum Gasteiger partial charge on any atom is 0.408 e. The zero-order chi connectivity index (χ0) is 44.2. The van der Waals surface area contributed by atoms with Crippen LogP contribution in [0.2, 0.25) is 0 Å². The van der Waals surface area contributed by atoms with Crippen LogP contribution in [0, 0.1) is 22.7 Å². The van der Waals surface area contributed by atoms with Crippen LogP contribution in [0.4, 0.5) is 4.79 Å². The largest absolute Gasteiger partial charge is 0.458 e. The summed E-state index contributed by atoms with van der Waals surface area (Å²) in [6, 6.07) is 16.2. The summed E-state index contributed by atoms with van der Waals surface area (Å²) < 4.78 is 36.7. The van der Waals surface area contributed by atoms with Crippen LogP contribution in [-0.4, -0.2) is 94.1 Å². The zero-order valence-electron chi connectivity index (χ0n) is 36.1. The summed E-state index contributed by atoms with van der Waals surface area (Å²) in [5.74, 6) is -4.50. The van der Waals surface area contributed by atoms with Crippen LogP contribution in [0.15, 0.2) is 71.8 Å². The average Bonchev–Trinajstić information content (AvgIpc) is 3.15. The van der Waals surface area contributed by atoms with E-state index in [1.807, 2.05) is 6.92 Å². The minimum atomic E-state index is -2.15. The van der Waals surface area contributed by atoms with Gasteiger partial charge in [0.15, 0.2) is 11.7 Å². The number of esters is 4. The molecule has 1 saturated heterocycles. The molecule has 3 N–H and O–H groups in total. The van der Waals surface area contributed by atoms with Crippen molar-refractivity contribution in [1.82, 2.24) is 5.32 Å². The second-order valence-electron chi connectivity index (χ2n) is 18.6. The molecule has 3 aliphatic carbocycles. The molecule has 0 radical (unpaired) electrons. The highest BCUT2D eigenvalue weighted by atomic mass is 16.6. The fourth-order valence-corrected chi connectivity index (χ4v) is 10.3. The van der Waals surface area contributed by atoms with Gasteiger partial charge in [-0.15, -0.1) is 0 Å². The first-order valence-corrected chi connectivity index (χ1v) is 20.6. The second kappa shape index (κ2) is 16.2. The summed E-state index contributed by atoms with van der Waals surface area (Å²) in [6.07, 6.45) is -7.49. The SMILES string of the molecule is CC(=O)O[C@@H]1C2=C(C)[C@@H](OC(=O)CC(NC(=O)OC(C)(C)C)c3ccccc3)C[C@@](O)([C@@H](OC(=O)c3ccccc3)[C@@H]3[C@]4(OC(C)=O)CO[C@@H]4C[C@H](C)[C@@]3(C)[C@H]1O)C2(C)C. The quantitative estimate of drug-likeness (QED) is 0.153. The van der Waals surface area contributed by atoms with E-state index in [9.17, 15) is 34.2 Å². The van der Waals surface area contributed by atoms with Gasteiger partial charge in [0.2, 0.25) is 0 Å². The van der Waals surface area contributed by atoms with Crippen LogP contribution in [0.3, 0.4) is 0 Å². The summed E-state index contributed by atoms with van der Waals surface area (Å²) in [5, 5.41) is 29.5. The van der Waals surface area contributed by atoms with E-state index < -0.39 is 106 Å². The highest BCUT2D eigenvalue weighted by Crippen LogP contribution is 2.66. The Hall–Kier alpha value is -4.79. The molecule has 14 heteroatoms. The molecule has 60 heavy (non-hydrogen) atoms. The molecule has 6 rings (SSSR count). The Bertz CT molecular complexity index is 2010. The van der Waals surface area contributed by atoms with Crippen LogP contribution in [-0.2, 0) is 42.8 Å². The summed E-state index contributed by atoms with van der Waals surface area (Å²) >= 11 is 0. The van der Waals surface area contributed by atoms with Gasteiger partial charge in [-0.3, -0.25) is 14.4 Å². The number of aliphatic hydroxyl groups is 2. The fourth-order valence-electron chi connectivity index (χ4n) is 10.3. The number of alkyl carbamates (subject to hydrolysis) is 1. The Morgan fingerprint density at radius 2 is 1.53 bits per heavy atom. The van der Waals surface area contributed by atoms with E-state index in [4.69, 9.17) is 28.4 Å². The van der Waals surface area contributed by atoms with Crippen molar-refractivity contribution in [1.29, 1.82) is 0 Å². The number of ether oxygens (including phenoxy) is 6. The lowest BCUT2D eigenvalue weighted by Gasteiger charge is -2.69. The van der Waals surface area contributed by atoms with Crippen molar-refractivity contribution in [2.45, 2.75) is 142 Å². The number of hydrogen-bond donors (Lipinski definition) is 3. The predicted octanol–water partition coefficient (Wildman–Crippen LogP) is 5.93.